The predicted octanol–water partition coefficient (Wildman–Crippen LogP) is 2.18. The average molecular weight is 383 g/mol. The van der Waals surface area contributed by atoms with E-state index >= 15 is 0 Å². The third-order valence-electron chi connectivity index (χ3n) is 5.30. The Labute approximate surface area is 161 Å². The average Bonchev–Trinajstić information content (AvgIpc) is 3.48. The molecule has 1 aliphatic carbocycles. The van der Waals surface area contributed by atoms with Crippen LogP contribution in [0.4, 0.5) is 10.2 Å². The lowest BCUT2D eigenvalue weighted by Gasteiger charge is -2.27. The number of hydrogen-bond acceptors (Lipinski definition) is 7. The second kappa shape index (κ2) is 6.97. The van der Waals surface area contributed by atoms with Crippen LogP contribution >= 0.6 is 0 Å². The topological polar surface area (TPSA) is 89.3 Å². The summed E-state index contributed by atoms with van der Waals surface area (Å²) in [4.78, 5) is 13.4. The van der Waals surface area contributed by atoms with Gasteiger partial charge in [0.1, 0.15) is 34.8 Å². The zero-order valence-corrected chi connectivity index (χ0v) is 15.6. The fourth-order valence-corrected chi connectivity index (χ4v) is 3.61. The van der Waals surface area contributed by atoms with Crippen molar-refractivity contribution < 1.29 is 9.13 Å². The van der Waals surface area contributed by atoms with Crippen molar-refractivity contribution in [1.82, 2.24) is 29.9 Å². The number of alkyl halides is 1. The summed E-state index contributed by atoms with van der Waals surface area (Å²) in [6.45, 7) is 1.26. The van der Waals surface area contributed by atoms with Gasteiger partial charge in [0.15, 0.2) is 5.65 Å². The second-order valence-corrected chi connectivity index (χ2v) is 7.33. The first-order chi connectivity index (χ1) is 13.7. The van der Waals surface area contributed by atoms with E-state index in [1.807, 2.05) is 6.07 Å². The molecule has 5 rings (SSSR count). The Morgan fingerprint density at radius 3 is 2.93 bits per heavy atom. The number of anilines is 1. The van der Waals surface area contributed by atoms with E-state index in [1.165, 1.54) is 0 Å². The Balaban J connectivity index is 1.49. The minimum absolute atomic E-state index is 0.315. The summed E-state index contributed by atoms with van der Waals surface area (Å²) < 4.78 is 21.4. The van der Waals surface area contributed by atoms with Crippen molar-refractivity contribution in [3.05, 3.63) is 30.4 Å². The van der Waals surface area contributed by atoms with E-state index in [-0.39, 0.29) is 6.04 Å². The molecule has 2 aliphatic rings. The standard InChI is InChI=1S/C19H22FN7O/c1-28-16-6-18-23-9-15(27(18)26-19(16)11-2-3-11)14-8-22-10-17(25-14)24-13-7-21-5-4-12(13)20/h6,8-13,21H,2-5,7H2,1H3,(H,24,25)/t12-,13?/m0/s1. The number of nitrogens with zero attached hydrogens (tertiary/aromatic N) is 5. The van der Waals surface area contributed by atoms with Crippen LogP contribution in [0.1, 0.15) is 30.9 Å². The van der Waals surface area contributed by atoms with Gasteiger partial charge in [-0.05, 0) is 25.8 Å². The molecule has 1 saturated carbocycles. The highest BCUT2D eigenvalue weighted by Gasteiger charge is 2.30. The van der Waals surface area contributed by atoms with Crippen molar-refractivity contribution in [1.29, 1.82) is 0 Å². The summed E-state index contributed by atoms with van der Waals surface area (Å²) in [6.07, 6.45) is 6.84. The summed E-state index contributed by atoms with van der Waals surface area (Å²) in [5.74, 6) is 1.75. The fourth-order valence-electron chi connectivity index (χ4n) is 3.61. The minimum atomic E-state index is -0.905. The Morgan fingerprint density at radius 2 is 2.14 bits per heavy atom. The van der Waals surface area contributed by atoms with Crippen LogP contribution < -0.4 is 15.4 Å². The summed E-state index contributed by atoms with van der Waals surface area (Å²) in [7, 11) is 1.65. The van der Waals surface area contributed by atoms with Gasteiger partial charge in [0.25, 0.3) is 0 Å². The third-order valence-corrected chi connectivity index (χ3v) is 5.30. The molecule has 1 saturated heterocycles. The first-order valence-electron chi connectivity index (χ1n) is 9.59. The Kier molecular flexibility index (Phi) is 4.31. The first kappa shape index (κ1) is 17.3. The van der Waals surface area contributed by atoms with Crippen LogP contribution in [0.3, 0.4) is 0 Å². The van der Waals surface area contributed by atoms with E-state index in [0.717, 1.165) is 30.0 Å². The first-order valence-corrected chi connectivity index (χ1v) is 9.59. The molecule has 1 aliphatic heterocycles. The van der Waals surface area contributed by atoms with Crippen molar-refractivity contribution in [3.8, 4) is 17.1 Å². The fraction of sp³-hybridized carbons (Fsp3) is 0.474. The zero-order chi connectivity index (χ0) is 19.1. The molecule has 2 fully saturated rings. The lowest BCUT2D eigenvalue weighted by Crippen LogP contribution is -2.46. The number of aromatic nitrogens is 5. The number of rotatable bonds is 5. The Bertz CT molecular complexity index is 1000. The normalized spacial score (nSPS) is 22.4. The molecule has 2 N–H and O–H groups in total. The number of hydrogen-bond donors (Lipinski definition) is 2. The quantitative estimate of drug-likeness (QED) is 0.698. The maximum atomic E-state index is 14.1. The molecule has 3 aromatic heterocycles. The maximum Gasteiger partial charge on any atom is 0.157 e. The van der Waals surface area contributed by atoms with Gasteiger partial charge in [-0.3, -0.25) is 4.98 Å². The van der Waals surface area contributed by atoms with E-state index in [4.69, 9.17) is 9.84 Å². The van der Waals surface area contributed by atoms with Crippen molar-refractivity contribution >= 4 is 11.5 Å². The van der Waals surface area contributed by atoms with Crippen molar-refractivity contribution in [3.63, 3.8) is 0 Å². The van der Waals surface area contributed by atoms with Gasteiger partial charge in [0.05, 0.1) is 31.7 Å². The molecule has 9 heteroatoms. The van der Waals surface area contributed by atoms with Gasteiger partial charge in [-0.15, -0.1) is 0 Å². The van der Waals surface area contributed by atoms with Crippen molar-refractivity contribution in [2.45, 2.75) is 37.4 Å². The van der Waals surface area contributed by atoms with E-state index in [1.54, 1.807) is 30.2 Å². The van der Waals surface area contributed by atoms with Gasteiger partial charge in [0, 0.05) is 18.5 Å². The highest BCUT2D eigenvalue weighted by Crippen LogP contribution is 2.43. The maximum absolute atomic E-state index is 14.1. The van der Waals surface area contributed by atoms with Crippen molar-refractivity contribution in [2.75, 3.05) is 25.5 Å². The molecule has 1 unspecified atom stereocenters. The molecule has 0 amide bonds. The smallest absolute Gasteiger partial charge is 0.157 e. The highest BCUT2D eigenvalue weighted by molar-refractivity contribution is 5.61. The Morgan fingerprint density at radius 1 is 1.25 bits per heavy atom. The van der Waals surface area contributed by atoms with E-state index < -0.39 is 6.17 Å². The molecule has 0 bridgehead atoms. The lowest BCUT2D eigenvalue weighted by atomic mass is 10.1. The van der Waals surface area contributed by atoms with Gasteiger partial charge in [-0.1, -0.05) is 0 Å². The van der Waals surface area contributed by atoms with E-state index in [2.05, 4.69) is 25.6 Å². The van der Waals surface area contributed by atoms with Gasteiger partial charge in [-0.2, -0.15) is 5.10 Å². The number of imidazole rings is 1. The lowest BCUT2D eigenvalue weighted by molar-refractivity contribution is 0.241. The number of piperidine rings is 1. The minimum Gasteiger partial charge on any atom is -0.495 e. The summed E-state index contributed by atoms with van der Waals surface area (Å²) in [5, 5.41) is 11.1. The van der Waals surface area contributed by atoms with Gasteiger partial charge in [0.2, 0.25) is 0 Å². The number of halogens is 1. The van der Waals surface area contributed by atoms with E-state index in [9.17, 15) is 4.39 Å². The highest BCUT2D eigenvalue weighted by atomic mass is 19.1. The molecule has 0 radical (unpaired) electrons. The van der Waals surface area contributed by atoms with Crippen LogP contribution in [0.25, 0.3) is 17.0 Å². The van der Waals surface area contributed by atoms with Gasteiger partial charge >= 0.3 is 0 Å². The van der Waals surface area contributed by atoms with Crippen LogP contribution in [-0.4, -0.2) is 57.0 Å². The molecule has 4 heterocycles. The number of nitrogens with one attached hydrogen (secondary N) is 2. The van der Waals surface area contributed by atoms with Gasteiger partial charge < -0.3 is 15.4 Å². The molecule has 2 atom stereocenters. The molecule has 3 aromatic rings. The molecular weight excluding hydrogens is 361 g/mol. The molecule has 8 nitrogen and oxygen atoms in total. The molecule has 28 heavy (non-hydrogen) atoms. The van der Waals surface area contributed by atoms with Crippen LogP contribution in [0, 0.1) is 0 Å². The number of fused-ring (bicyclic) bond motifs is 1. The molecule has 0 aromatic carbocycles. The number of ether oxygens (including phenoxy) is 1. The Hall–Kier alpha value is -2.81. The van der Waals surface area contributed by atoms with E-state index in [0.29, 0.717) is 42.6 Å². The largest absolute Gasteiger partial charge is 0.495 e. The van der Waals surface area contributed by atoms with Crippen molar-refractivity contribution in [2.24, 2.45) is 0 Å². The van der Waals surface area contributed by atoms with Crippen LogP contribution in [0.5, 0.6) is 5.75 Å². The van der Waals surface area contributed by atoms with Crippen LogP contribution in [-0.2, 0) is 0 Å². The molecular formula is C19H22FN7O. The third kappa shape index (κ3) is 3.15. The summed E-state index contributed by atoms with van der Waals surface area (Å²) in [6, 6.07) is 1.59. The van der Waals surface area contributed by atoms with Crippen LogP contribution in [0.15, 0.2) is 24.7 Å². The number of methoxy groups -OCH3 is 1. The predicted molar refractivity (Wildman–Crippen MR) is 102 cm³/mol. The summed E-state index contributed by atoms with van der Waals surface area (Å²) >= 11 is 0. The summed E-state index contributed by atoms with van der Waals surface area (Å²) in [5.41, 5.74) is 3.02. The molecule has 146 valence electrons. The van der Waals surface area contributed by atoms with Gasteiger partial charge in [-0.25, -0.2) is 18.9 Å². The second-order valence-electron chi connectivity index (χ2n) is 7.33. The monoisotopic (exact) mass is 383 g/mol. The molecule has 0 spiro atoms. The SMILES string of the molecule is COc1cc2ncc(-c3cncc(NC4CNCC[C@@H]4F)n3)n2nc1C1CC1. The van der Waals surface area contributed by atoms with Crippen LogP contribution in [0.2, 0.25) is 0 Å². The zero-order valence-electron chi connectivity index (χ0n) is 15.6.